The highest BCUT2D eigenvalue weighted by Crippen LogP contribution is 2.46. The van der Waals surface area contributed by atoms with Crippen molar-refractivity contribution in [1.29, 1.82) is 0 Å². The molecule has 0 saturated carbocycles. The Morgan fingerprint density at radius 2 is 1.62 bits per heavy atom. The lowest BCUT2D eigenvalue weighted by Gasteiger charge is -2.33. The zero-order valence-corrected chi connectivity index (χ0v) is 21.4. The summed E-state index contributed by atoms with van der Waals surface area (Å²) in [4.78, 5) is 2.29. The number of benzene rings is 4. The number of nitrogens with zero attached hydrogens (tertiary/aromatic N) is 1. The summed E-state index contributed by atoms with van der Waals surface area (Å²) in [7, 11) is -1.08. The number of nitrogen functional groups attached to an aromatic ring is 1. The largest absolute Gasteiger partial charge is 0.508 e. The van der Waals surface area contributed by atoms with E-state index in [-0.39, 0.29) is 22.6 Å². The number of nitrogens with two attached hydrogens (primary N) is 1. The van der Waals surface area contributed by atoms with Crippen LogP contribution in [-0.4, -0.2) is 49.8 Å². The fourth-order valence-corrected chi connectivity index (χ4v) is 6.75. The molecular weight excluding hydrogens is 492 g/mol. The Morgan fingerprint density at radius 3 is 2.32 bits per heavy atom. The fraction of sp³-hybridized carbons (Fsp3) is 0.286. The van der Waals surface area contributed by atoms with Gasteiger partial charge >= 0.3 is 0 Å². The zero-order valence-electron chi connectivity index (χ0n) is 20.6. The maximum atomic E-state index is 11.7. The zero-order chi connectivity index (χ0) is 26.1. The van der Waals surface area contributed by atoms with Gasteiger partial charge in [-0.15, -0.1) is 0 Å². The lowest BCUT2D eigenvalue weighted by atomic mass is 9.84. The van der Waals surface area contributed by atoms with Crippen molar-refractivity contribution < 1.29 is 27.6 Å². The van der Waals surface area contributed by atoms with Crippen LogP contribution in [0.3, 0.4) is 0 Å². The molecule has 6 rings (SSSR count). The van der Waals surface area contributed by atoms with Crippen LogP contribution in [0.25, 0.3) is 21.5 Å². The number of phenols is 1. The molecule has 37 heavy (non-hydrogen) atoms. The average Bonchev–Trinajstić information content (AvgIpc) is 3.29. The Balaban J connectivity index is 1.47. The summed E-state index contributed by atoms with van der Waals surface area (Å²) >= 11 is 0. The number of anilines is 1. The summed E-state index contributed by atoms with van der Waals surface area (Å²) < 4.78 is 44.2. The summed E-state index contributed by atoms with van der Waals surface area (Å²) in [6.07, 6.45) is 1.63. The molecule has 1 fully saturated rings. The van der Waals surface area contributed by atoms with Gasteiger partial charge in [0.15, 0.2) is 11.5 Å². The second kappa shape index (κ2) is 8.51. The lowest BCUT2D eigenvalue weighted by molar-refractivity contribution is 0.228. The number of methoxy groups -OCH3 is 2. The topological polar surface area (TPSA) is 122 Å². The van der Waals surface area contributed by atoms with E-state index in [0.717, 1.165) is 53.0 Å². The van der Waals surface area contributed by atoms with Gasteiger partial charge in [-0.05, 0) is 93.5 Å². The van der Waals surface area contributed by atoms with E-state index in [1.165, 1.54) is 23.3 Å². The van der Waals surface area contributed by atoms with Crippen molar-refractivity contribution in [2.24, 2.45) is 0 Å². The standard InChI is InChI=1S/C28H28N2O6S/c1-35-27-11-23-21-8-16-7-15(20-10-18(37(32,33)34)4-6-26(20)29)13-30(16)14-25(21)19-5-3-17(31)9-22(19)24(23)12-28(27)36-2/h3-6,9-12,15-16,31H,7-8,13-14,29H2,1-2H3,(H,32,33,34). The molecule has 192 valence electrons. The summed E-state index contributed by atoms with van der Waals surface area (Å²) in [5.41, 5.74) is 10.00. The van der Waals surface area contributed by atoms with Crippen LogP contribution in [0.5, 0.6) is 17.2 Å². The average molecular weight is 521 g/mol. The number of ether oxygens (including phenoxy) is 2. The number of phenolic OH excluding ortho intramolecular Hbond substituents is 1. The van der Waals surface area contributed by atoms with Gasteiger partial charge in [0, 0.05) is 30.7 Å². The van der Waals surface area contributed by atoms with Crippen LogP contribution in [0.2, 0.25) is 0 Å². The lowest BCUT2D eigenvalue weighted by Crippen LogP contribution is -2.35. The molecule has 1 saturated heterocycles. The molecule has 0 amide bonds. The monoisotopic (exact) mass is 520 g/mol. The Labute approximate surface area is 215 Å². The Morgan fingerprint density at radius 1 is 0.919 bits per heavy atom. The molecule has 4 aromatic carbocycles. The molecule has 2 heterocycles. The molecule has 0 aliphatic carbocycles. The highest BCUT2D eigenvalue weighted by atomic mass is 32.2. The van der Waals surface area contributed by atoms with E-state index in [1.807, 2.05) is 18.2 Å². The highest BCUT2D eigenvalue weighted by molar-refractivity contribution is 7.85. The molecule has 4 aromatic rings. The molecule has 0 spiro atoms. The third-order valence-corrected chi connectivity index (χ3v) is 8.81. The molecule has 2 unspecified atom stereocenters. The Hall–Kier alpha value is -3.53. The Bertz CT molecular complexity index is 1680. The second-order valence-corrected chi connectivity index (χ2v) is 11.3. The highest BCUT2D eigenvalue weighted by Gasteiger charge is 2.38. The van der Waals surface area contributed by atoms with E-state index in [4.69, 9.17) is 15.2 Å². The summed E-state index contributed by atoms with van der Waals surface area (Å²) in [5.74, 6) is 1.52. The minimum Gasteiger partial charge on any atom is -0.508 e. The Kier molecular flexibility index (Phi) is 5.48. The summed E-state index contributed by atoms with van der Waals surface area (Å²) in [6.45, 7) is 1.45. The molecule has 0 aromatic heterocycles. The van der Waals surface area contributed by atoms with Crippen LogP contribution in [-0.2, 0) is 23.1 Å². The van der Waals surface area contributed by atoms with Gasteiger partial charge in [0.1, 0.15) is 5.75 Å². The van der Waals surface area contributed by atoms with Crippen LogP contribution in [0.15, 0.2) is 53.4 Å². The quantitative estimate of drug-likeness (QED) is 0.205. The molecule has 2 aliphatic rings. The fourth-order valence-electron chi connectivity index (χ4n) is 6.23. The van der Waals surface area contributed by atoms with Crippen LogP contribution >= 0.6 is 0 Å². The molecule has 0 radical (unpaired) electrons. The van der Waals surface area contributed by atoms with Crippen LogP contribution < -0.4 is 15.2 Å². The number of hydrogen-bond donors (Lipinski definition) is 3. The van der Waals surface area contributed by atoms with E-state index >= 15 is 0 Å². The first-order valence-electron chi connectivity index (χ1n) is 12.1. The van der Waals surface area contributed by atoms with Crippen molar-refractivity contribution >= 4 is 37.4 Å². The predicted octanol–water partition coefficient (Wildman–Crippen LogP) is 4.46. The number of hydrogen-bond acceptors (Lipinski definition) is 7. The van der Waals surface area contributed by atoms with E-state index in [1.54, 1.807) is 32.4 Å². The number of aromatic hydroxyl groups is 1. The van der Waals surface area contributed by atoms with Crippen molar-refractivity contribution in [2.75, 3.05) is 26.5 Å². The third kappa shape index (κ3) is 3.85. The summed E-state index contributed by atoms with van der Waals surface area (Å²) in [6, 6.07) is 14.1. The normalized spacial score (nSPS) is 19.6. The van der Waals surface area contributed by atoms with Crippen molar-refractivity contribution in [2.45, 2.75) is 36.2 Å². The van der Waals surface area contributed by atoms with Crippen LogP contribution in [0.1, 0.15) is 29.0 Å². The van der Waals surface area contributed by atoms with Crippen molar-refractivity contribution in [3.05, 3.63) is 65.2 Å². The maximum Gasteiger partial charge on any atom is 0.294 e. The first-order chi connectivity index (χ1) is 17.7. The molecule has 8 nitrogen and oxygen atoms in total. The van der Waals surface area contributed by atoms with Crippen LogP contribution in [0.4, 0.5) is 5.69 Å². The summed E-state index contributed by atoms with van der Waals surface area (Å²) in [5, 5.41) is 14.4. The first kappa shape index (κ1) is 23.8. The molecule has 4 N–H and O–H groups in total. The van der Waals surface area contributed by atoms with Gasteiger partial charge in [-0.1, -0.05) is 6.07 Å². The van der Waals surface area contributed by atoms with Gasteiger partial charge in [-0.25, -0.2) is 0 Å². The van der Waals surface area contributed by atoms with Crippen LogP contribution in [0, 0.1) is 0 Å². The van der Waals surface area contributed by atoms with Gasteiger partial charge in [0.25, 0.3) is 10.1 Å². The number of rotatable bonds is 4. The van der Waals surface area contributed by atoms with Gasteiger partial charge in [0.05, 0.1) is 19.1 Å². The second-order valence-electron chi connectivity index (χ2n) is 9.93. The molecule has 2 aliphatic heterocycles. The molecule has 0 bridgehead atoms. The molecule has 2 atom stereocenters. The van der Waals surface area contributed by atoms with Crippen molar-refractivity contribution in [3.8, 4) is 17.2 Å². The van der Waals surface area contributed by atoms with E-state index in [0.29, 0.717) is 17.2 Å². The maximum absolute atomic E-state index is 11.7. The van der Waals surface area contributed by atoms with E-state index in [2.05, 4.69) is 4.90 Å². The number of fused-ring (bicyclic) bond motifs is 7. The van der Waals surface area contributed by atoms with Gasteiger partial charge < -0.3 is 20.3 Å². The third-order valence-electron chi connectivity index (χ3n) is 7.96. The van der Waals surface area contributed by atoms with Gasteiger partial charge in [-0.3, -0.25) is 9.45 Å². The first-order valence-corrected chi connectivity index (χ1v) is 13.5. The smallest absolute Gasteiger partial charge is 0.294 e. The molecular formula is C28H28N2O6S. The van der Waals surface area contributed by atoms with Crippen molar-refractivity contribution in [3.63, 3.8) is 0 Å². The minimum atomic E-state index is -4.32. The SMILES string of the molecule is COc1cc2c3c(c4ccc(O)cc4c2cc1OC)CN1CC(c2cc(S(=O)(=O)O)ccc2N)CC1C3. The van der Waals surface area contributed by atoms with E-state index < -0.39 is 10.1 Å². The van der Waals surface area contributed by atoms with E-state index in [9.17, 15) is 18.1 Å². The van der Waals surface area contributed by atoms with Crippen molar-refractivity contribution in [1.82, 2.24) is 4.90 Å². The minimum absolute atomic E-state index is 0.0391. The molecule has 9 heteroatoms. The van der Waals surface area contributed by atoms with Gasteiger partial charge in [0.2, 0.25) is 0 Å². The van der Waals surface area contributed by atoms with Gasteiger partial charge in [-0.2, -0.15) is 8.42 Å². The predicted molar refractivity (Wildman–Crippen MR) is 142 cm³/mol.